The molecule has 1 aliphatic rings. The average molecular weight is 338 g/mol. The van der Waals surface area contributed by atoms with E-state index in [2.05, 4.69) is 66.4 Å². The van der Waals surface area contributed by atoms with Gasteiger partial charge in [0.1, 0.15) is 0 Å². The van der Waals surface area contributed by atoms with E-state index in [1.807, 2.05) is 0 Å². The lowest BCUT2D eigenvalue weighted by Gasteiger charge is -2.58. The molecule has 1 fully saturated rings. The van der Waals surface area contributed by atoms with Crippen molar-refractivity contribution in [1.29, 1.82) is 0 Å². The van der Waals surface area contributed by atoms with Crippen LogP contribution in [0.1, 0.15) is 57.9 Å². The quantitative estimate of drug-likeness (QED) is 0.712. The van der Waals surface area contributed by atoms with Crippen molar-refractivity contribution in [3.8, 4) is 0 Å². The smallest absolute Gasteiger partial charge is 0.0213 e. The van der Waals surface area contributed by atoms with Gasteiger partial charge >= 0.3 is 0 Å². The number of rotatable bonds is 7. The summed E-state index contributed by atoms with van der Waals surface area (Å²) in [7, 11) is 2.08. The van der Waals surface area contributed by atoms with Crippen LogP contribution in [0.5, 0.6) is 0 Å². The van der Waals surface area contributed by atoms with E-state index in [4.69, 9.17) is 0 Å². The van der Waals surface area contributed by atoms with Gasteiger partial charge in [-0.1, -0.05) is 60.8 Å². The predicted molar refractivity (Wildman–Crippen MR) is 91.2 cm³/mol. The number of likely N-dealkylation sites (N-methyl/N-ethyl adjacent to an activating group) is 1. The minimum atomic E-state index is 0.333. The summed E-state index contributed by atoms with van der Waals surface area (Å²) < 4.78 is 1.27. The molecular weight excluding hydrogens is 310 g/mol. The van der Waals surface area contributed by atoms with Gasteiger partial charge in [0.2, 0.25) is 0 Å². The molecular formula is C18H28BrN. The molecule has 1 aliphatic carbocycles. The molecule has 2 heteroatoms. The van der Waals surface area contributed by atoms with E-state index in [1.54, 1.807) is 0 Å². The summed E-state index contributed by atoms with van der Waals surface area (Å²) in [4.78, 5) is 0. The van der Waals surface area contributed by atoms with Crippen LogP contribution in [0.25, 0.3) is 0 Å². The maximum atomic E-state index is 3.76. The van der Waals surface area contributed by atoms with Crippen molar-refractivity contribution >= 4 is 15.9 Å². The van der Waals surface area contributed by atoms with Gasteiger partial charge in [-0.15, -0.1) is 0 Å². The third-order valence-electron chi connectivity index (χ3n) is 4.95. The molecule has 0 saturated heterocycles. The van der Waals surface area contributed by atoms with Gasteiger partial charge in [0.15, 0.2) is 0 Å². The van der Waals surface area contributed by atoms with Crippen LogP contribution in [0, 0.1) is 5.41 Å². The van der Waals surface area contributed by atoms with Crippen molar-refractivity contribution in [2.24, 2.45) is 5.41 Å². The van der Waals surface area contributed by atoms with Crippen molar-refractivity contribution in [3.05, 3.63) is 34.3 Å². The number of nitrogens with one attached hydrogen (secondary N) is 1. The molecule has 0 spiro atoms. The van der Waals surface area contributed by atoms with Crippen LogP contribution in [0.3, 0.4) is 0 Å². The first kappa shape index (κ1) is 16.0. The van der Waals surface area contributed by atoms with E-state index >= 15 is 0 Å². The second-order valence-electron chi connectivity index (χ2n) is 6.64. The Balaban J connectivity index is 2.25. The van der Waals surface area contributed by atoms with Gasteiger partial charge in [-0.25, -0.2) is 0 Å². The van der Waals surface area contributed by atoms with Gasteiger partial charge < -0.3 is 5.32 Å². The van der Waals surface area contributed by atoms with E-state index < -0.39 is 0 Å². The standard InChI is InChI=1S/C18H28BrN/c1-4-10-17(11-5-2)12-18(13-17,14-20-3)15-8-6-7-9-16(15)19/h6-9,20H,4-5,10-14H2,1-3H3. The van der Waals surface area contributed by atoms with Crippen LogP contribution in [-0.2, 0) is 5.41 Å². The van der Waals surface area contributed by atoms with Crippen LogP contribution in [0.4, 0.5) is 0 Å². The molecule has 1 nitrogen and oxygen atoms in total. The summed E-state index contributed by atoms with van der Waals surface area (Å²) in [6.07, 6.45) is 8.07. The molecule has 1 aromatic carbocycles. The highest BCUT2D eigenvalue weighted by molar-refractivity contribution is 9.10. The molecule has 0 bridgehead atoms. The largest absolute Gasteiger partial charge is 0.319 e. The molecule has 2 rings (SSSR count). The number of benzene rings is 1. The third-order valence-corrected chi connectivity index (χ3v) is 5.64. The number of hydrogen-bond donors (Lipinski definition) is 1. The van der Waals surface area contributed by atoms with Crippen molar-refractivity contribution in [3.63, 3.8) is 0 Å². The minimum Gasteiger partial charge on any atom is -0.319 e. The topological polar surface area (TPSA) is 12.0 Å². The van der Waals surface area contributed by atoms with Gasteiger partial charge in [0, 0.05) is 16.4 Å². The van der Waals surface area contributed by atoms with E-state index in [1.165, 1.54) is 48.6 Å². The zero-order valence-corrected chi connectivity index (χ0v) is 14.7. The van der Waals surface area contributed by atoms with Gasteiger partial charge in [-0.3, -0.25) is 0 Å². The summed E-state index contributed by atoms with van der Waals surface area (Å²) in [5, 5.41) is 3.44. The monoisotopic (exact) mass is 337 g/mol. The molecule has 0 aromatic heterocycles. The molecule has 0 unspecified atom stereocenters. The van der Waals surface area contributed by atoms with Crippen LogP contribution < -0.4 is 5.32 Å². The van der Waals surface area contributed by atoms with Crippen LogP contribution in [0.2, 0.25) is 0 Å². The van der Waals surface area contributed by atoms with E-state index in [0.29, 0.717) is 10.8 Å². The highest BCUT2D eigenvalue weighted by Gasteiger charge is 2.53. The van der Waals surface area contributed by atoms with Gasteiger partial charge in [-0.05, 0) is 49.8 Å². The lowest BCUT2D eigenvalue weighted by molar-refractivity contribution is 0.00348. The lowest BCUT2D eigenvalue weighted by Crippen LogP contribution is -2.54. The molecule has 20 heavy (non-hydrogen) atoms. The Hall–Kier alpha value is -0.340. The van der Waals surface area contributed by atoms with Crippen molar-refractivity contribution in [1.82, 2.24) is 5.32 Å². The SMILES string of the molecule is CCCC1(CCC)CC(CNC)(c2ccccc2Br)C1. The molecule has 0 aliphatic heterocycles. The maximum absolute atomic E-state index is 3.76. The number of hydrogen-bond acceptors (Lipinski definition) is 1. The molecule has 0 atom stereocenters. The second-order valence-corrected chi connectivity index (χ2v) is 7.50. The summed E-state index contributed by atoms with van der Waals surface area (Å²) in [5.41, 5.74) is 2.42. The molecule has 112 valence electrons. The van der Waals surface area contributed by atoms with Crippen molar-refractivity contribution in [2.45, 2.75) is 57.8 Å². The molecule has 0 amide bonds. The van der Waals surface area contributed by atoms with Gasteiger partial charge in [-0.2, -0.15) is 0 Å². The third kappa shape index (κ3) is 2.96. The highest BCUT2D eigenvalue weighted by atomic mass is 79.9. The van der Waals surface area contributed by atoms with Gasteiger partial charge in [0.25, 0.3) is 0 Å². The zero-order valence-electron chi connectivity index (χ0n) is 13.1. The Labute approximate surface area is 132 Å². The van der Waals surface area contributed by atoms with Crippen molar-refractivity contribution < 1.29 is 0 Å². The van der Waals surface area contributed by atoms with Gasteiger partial charge in [0.05, 0.1) is 0 Å². The first-order chi connectivity index (χ1) is 9.61. The van der Waals surface area contributed by atoms with Crippen LogP contribution >= 0.6 is 15.9 Å². The number of halogens is 1. The van der Waals surface area contributed by atoms with Crippen LogP contribution in [-0.4, -0.2) is 13.6 Å². The molecule has 1 N–H and O–H groups in total. The Bertz CT molecular complexity index is 427. The Morgan fingerprint density at radius 2 is 1.70 bits per heavy atom. The first-order valence-corrected chi connectivity index (χ1v) is 8.80. The van der Waals surface area contributed by atoms with Crippen molar-refractivity contribution in [2.75, 3.05) is 13.6 Å². The zero-order chi connectivity index (χ0) is 14.6. The van der Waals surface area contributed by atoms with Crippen LogP contribution in [0.15, 0.2) is 28.7 Å². The minimum absolute atomic E-state index is 0.333. The Morgan fingerprint density at radius 1 is 1.10 bits per heavy atom. The summed E-state index contributed by atoms with van der Waals surface area (Å²) >= 11 is 3.76. The molecule has 1 saturated carbocycles. The fraction of sp³-hybridized carbons (Fsp3) is 0.667. The summed E-state index contributed by atoms with van der Waals surface area (Å²) in [5.74, 6) is 0. The fourth-order valence-corrected chi connectivity index (χ4v) is 5.27. The lowest BCUT2D eigenvalue weighted by atomic mass is 9.48. The van der Waals surface area contributed by atoms with E-state index in [-0.39, 0.29) is 0 Å². The Morgan fingerprint density at radius 3 is 2.20 bits per heavy atom. The molecule has 0 heterocycles. The fourth-order valence-electron chi connectivity index (χ4n) is 4.56. The van der Waals surface area contributed by atoms with E-state index in [0.717, 1.165) is 6.54 Å². The second kappa shape index (κ2) is 6.62. The first-order valence-electron chi connectivity index (χ1n) is 8.01. The molecule has 0 radical (unpaired) electrons. The highest BCUT2D eigenvalue weighted by Crippen LogP contribution is 2.60. The molecule has 1 aromatic rings. The summed E-state index contributed by atoms with van der Waals surface area (Å²) in [6.45, 7) is 5.74. The Kier molecular flexibility index (Phi) is 5.30. The average Bonchev–Trinajstić information content (AvgIpc) is 2.38. The normalized spacial score (nSPS) is 19.6. The predicted octanol–water partition coefficient (Wildman–Crippen LogP) is 5.29. The maximum Gasteiger partial charge on any atom is 0.0213 e. The van der Waals surface area contributed by atoms with E-state index in [9.17, 15) is 0 Å². The summed E-state index contributed by atoms with van der Waals surface area (Å²) in [6, 6.07) is 8.79.